The van der Waals surface area contributed by atoms with Crippen molar-refractivity contribution in [1.29, 1.82) is 0 Å². The Morgan fingerprint density at radius 2 is 2.21 bits per heavy atom. The van der Waals surface area contributed by atoms with Gasteiger partial charge in [-0.25, -0.2) is 9.18 Å². The highest BCUT2D eigenvalue weighted by molar-refractivity contribution is 5.72. The Kier molecular flexibility index (Phi) is 3.06. The Morgan fingerprint density at radius 3 is 2.71 bits per heavy atom. The molecule has 0 aliphatic heterocycles. The lowest BCUT2D eigenvalue weighted by molar-refractivity contribution is -0.144. The van der Waals surface area contributed by atoms with Gasteiger partial charge < -0.3 is 9.84 Å². The molecule has 1 atom stereocenters. The maximum Gasteiger partial charge on any atom is 0.344 e. The van der Waals surface area contributed by atoms with Gasteiger partial charge in [-0.1, -0.05) is 0 Å². The number of carboxylic acids is 1. The SMILES string of the molecule is Cc1cc(F)ccc1OC(C)C(=O)O. The lowest BCUT2D eigenvalue weighted by atomic mass is 10.2. The van der Waals surface area contributed by atoms with Gasteiger partial charge >= 0.3 is 5.97 Å². The summed E-state index contributed by atoms with van der Waals surface area (Å²) in [7, 11) is 0. The minimum Gasteiger partial charge on any atom is -0.479 e. The van der Waals surface area contributed by atoms with Gasteiger partial charge in [0.05, 0.1) is 0 Å². The summed E-state index contributed by atoms with van der Waals surface area (Å²) < 4.78 is 17.8. The quantitative estimate of drug-likeness (QED) is 0.807. The molecule has 1 rings (SSSR count). The molecule has 1 unspecified atom stereocenters. The first-order valence-electron chi connectivity index (χ1n) is 4.16. The Hall–Kier alpha value is -1.58. The zero-order valence-electron chi connectivity index (χ0n) is 7.95. The lowest BCUT2D eigenvalue weighted by Gasteiger charge is -2.12. The van der Waals surface area contributed by atoms with E-state index in [4.69, 9.17) is 9.84 Å². The number of carbonyl (C=O) groups is 1. The molecule has 4 heteroatoms. The maximum atomic E-state index is 12.7. The van der Waals surface area contributed by atoms with Gasteiger partial charge in [-0.15, -0.1) is 0 Å². The number of hydrogen-bond acceptors (Lipinski definition) is 2. The third-order valence-corrected chi connectivity index (χ3v) is 1.79. The van der Waals surface area contributed by atoms with E-state index in [1.807, 2.05) is 0 Å². The minimum atomic E-state index is -1.05. The molecule has 0 aliphatic carbocycles. The third-order valence-electron chi connectivity index (χ3n) is 1.79. The fourth-order valence-corrected chi connectivity index (χ4v) is 0.986. The Labute approximate surface area is 81.1 Å². The van der Waals surface area contributed by atoms with Crippen LogP contribution in [-0.4, -0.2) is 17.2 Å². The molecule has 0 aliphatic rings. The van der Waals surface area contributed by atoms with Crippen LogP contribution in [0.25, 0.3) is 0 Å². The summed E-state index contributed by atoms with van der Waals surface area (Å²) in [5.41, 5.74) is 0.582. The molecule has 1 aromatic carbocycles. The number of hydrogen-bond donors (Lipinski definition) is 1. The molecular weight excluding hydrogens is 187 g/mol. The second-order valence-corrected chi connectivity index (χ2v) is 3.01. The van der Waals surface area contributed by atoms with Crippen molar-refractivity contribution in [2.75, 3.05) is 0 Å². The molecule has 3 nitrogen and oxygen atoms in total. The number of benzene rings is 1. The van der Waals surface area contributed by atoms with Crippen LogP contribution in [0, 0.1) is 12.7 Å². The number of halogens is 1. The normalized spacial score (nSPS) is 12.2. The summed E-state index contributed by atoms with van der Waals surface area (Å²) in [6.45, 7) is 3.08. The average molecular weight is 198 g/mol. The van der Waals surface area contributed by atoms with Gasteiger partial charge in [0.1, 0.15) is 11.6 Å². The van der Waals surface area contributed by atoms with E-state index in [1.165, 1.54) is 25.1 Å². The molecule has 0 bridgehead atoms. The first kappa shape index (κ1) is 10.5. The van der Waals surface area contributed by atoms with Crippen molar-refractivity contribution < 1.29 is 19.0 Å². The van der Waals surface area contributed by atoms with Crippen LogP contribution in [0.15, 0.2) is 18.2 Å². The van der Waals surface area contributed by atoms with Crippen LogP contribution in [0.2, 0.25) is 0 Å². The molecule has 0 aromatic heterocycles. The van der Waals surface area contributed by atoms with Crippen LogP contribution in [0.1, 0.15) is 12.5 Å². The standard InChI is InChI=1S/C10H11FO3/c1-6-5-8(11)3-4-9(6)14-7(2)10(12)13/h3-5,7H,1-2H3,(H,12,13). The van der Waals surface area contributed by atoms with Gasteiger partial charge in [0.25, 0.3) is 0 Å². The molecule has 0 amide bonds. The number of aryl methyl sites for hydroxylation is 1. The predicted octanol–water partition coefficient (Wildman–Crippen LogP) is 1.99. The van der Waals surface area contributed by atoms with E-state index >= 15 is 0 Å². The van der Waals surface area contributed by atoms with Crippen molar-refractivity contribution in [1.82, 2.24) is 0 Å². The summed E-state index contributed by atoms with van der Waals surface area (Å²) in [5, 5.41) is 8.59. The van der Waals surface area contributed by atoms with Crippen molar-refractivity contribution in [3.63, 3.8) is 0 Å². The molecule has 14 heavy (non-hydrogen) atoms. The van der Waals surface area contributed by atoms with Crippen LogP contribution < -0.4 is 4.74 Å². The van der Waals surface area contributed by atoms with Crippen LogP contribution in [0.4, 0.5) is 4.39 Å². The Balaban J connectivity index is 2.82. The van der Waals surface area contributed by atoms with Crippen molar-refractivity contribution >= 4 is 5.97 Å². The molecule has 76 valence electrons. The number of ether oxygens (including phenoxy) is 1. The van der Waals surface area contributed by atoms with E-state index < -0.39 is 12.1 Å². The molecule has 0 saturated carbocycles. The van der Waals surface area contributed by atoms with E-state index in [2.05, 4.69) is 0 Å². The van der Waals surface area contributed by atoms with Crippen molar-refractivity contribution in [3.8, 4) is 5.75 Å². The van der Waals surface area contributed by atoms with Gasteiger partial charge in [-0.3, -0.25) is 0 Å². The van der Waals surface area contributed by atoms with Crippen LogP contribution >= 0.6 is 0 Å². The first-order valence-corrected chi connectivity index (χ1v) is 4.16. The van der Waals surface area contributed by atoms with E-state index in [9.17, 15) is 9.18 Å². The topological polar surface area (TPSA) is 46.5 Å². The zero-order valence-corrected chi connectivity index (χ0v) is 7.95. The molecule has 0 spiro atoms. The predicted molar refractivity (Wildman–Crippen MR) is 48.9 cm³/mol. The van der Waals surface area contributed by atoms with Crippen LogP contribution in [-0.2, 0) is 4.79 Å². The number of rotatable bonds is 3. The van der Waals surface area contributed by atoms with Crippen molar-refractivity contribution in [2.45, 2.75) is 20.0 Å². The third kappa shape index (κ3) is 2.45. The highest BCUT2D eigenvalue weighted by atomic mass is 19.1. The molecule has 0 saturated heterocycles. The van der Waals surface area contributed by atoms with Crippen LogP contribution in [0.5, 0.6) is 5.75 Å². The summed E-state index contributed by atoms with van der Waals surface area (Å²) in [6, 6.07) is 3.95. The minimum absolute atomic E-state index is 0.363. The van der Waals surface area contributed by atoms with E-state index in [0.29, 0.717) is 11.3 Å². The van der Waals surface area contributed by atoms with E-state index in [1.54, 1.807) is 6.92 Å². The highest BCUT2D eigenvalue weighted by Crippen LogP contribution is 2.19. The fraction of sp³-hybridized carbons (Fsp3) is 0.300. The monoisotopic (exact) mass is 198 g/mol. The number of aliphatic carboxylic acids is 1. The van der Waals surface area contributed by atoms with Gasteiger partial charge in [0.15, 0.2) is 6.10 Å². The second kappa shape index (κ2) is 4.09. The van der Waals surface area contributed by atoms with Crippen molar-refractivity contribution in [3.05, 3.63) is 29.6 Å². The Bertz CT molecular complexity index is 349. The molecule has 1 aromatic rings. The average Bonchev–Trinajstić information content (AvgIpc) is 2.09. The van der Waals surface area contributed by atoms with Gasteiger partial charge in [-0.2, -0.15) is 0 Å². The summed E-state index contributed by atoms with van der Waals surface area (Å²) in [6.07, 6.45) is -0.931. The second-order valence-electron chi connectivity index (χ2n) is 3.01. The molecule has 0 fully saturated rings. The first-order chi connectivity index (χ1) is 6.50. The van der Waals surface area contributed by atoms with Gasteiger partial charge in [0.2, 0.25) is 0 Å². The lowest BCUT2D eigenvalue weighted by Crippen LogP contribution is -2.23. The van der Waals surface area contributed by atoms with E-state index in [-0.39, 0.29) is 5.82 Å². The Morgan fingerprint density at radius 1 is 1.57 bits per heavy atom. The summed E-state index contributed by atoms with van der Waals surface area (Å²) in [4.78, 5) is 10.5. The van der Waals surface area contributed by atoms with Crippen molar-refractivity contribution in [2.24, 2.45) is 0 Å². The summed E-state index contributed by atoms with van der Waals surface area (Å²) >= 11 is 0. The molecule has 0 heterocycles. The molecular formula is C10H11FO3. The van der Waals surface area contributed by atoms with E-state index in [0.717, 1.165) is 0 Å². The van der Waals surface area contributed by atoms with Crippen LogP contribution in [0.3, 0.4) is 0 Å². The summed E-state index contributed by atoms with van der Waals surface area (Å²) in [5.74, 6) is -1.02. The smallest absolute Gasteiger partial charge is 0.344 e. The largest absolute Gasteiger partial charge is 0.479 e. The fourth-order valence-electron chi connectivity index (χ4n) is 0.986. The van der Waals surface area contributed by atoms with Gasteiger partial charge in [-0.05, 0) is 37.6 Å². The highest BCUT2D eigenvalue weighted by Gasteiger charge is 2.13. The number of carboxylic acid groups (broad SMARTS) is 1. The zero-order chi connectivity index (χ0) is 10.7. The molecule has 1 N–H and O–H groups in total. The maximum absolute atomic E-state index is 12.7. The molecule has 0 radical (unpaired) electrons. The van der Waals surface area contributed by atoms with Gasteiger partial charge in [0, 0.05) is 0 Å².